The fraction of sp³-hybridized carbons (Fsp3) is 0.833. The third-order valence-electron chi connectivity index (χ3n) is 2.11. The number of hydrogen-bond donors (Lipinski definition) is 0. The first-order valence-electron chi connectivity index (χ1n) is 6.07. The van der Waals surface area contributed by atoms with Gasteiger partial charge in [0.2, 0.25) is 0 Å². The van der Waals surface area contributed by atoms with Gasteiger partial charge in [0, 0.05) is 0 Å². The Bertz CT molecular complexity index is 258. The number of carbonyl (C=O) groups excluding carboxylic acids is 2. The number of ketones is 1. The molecule has 0 radical (unpaired) electrons. The molecule has 104 valence electrons. The van der Waals surface area contributed by atoms with Crippen LogP contribution in [0.1, 0.15) is 20.3 Å². The Morgan fingerprint density at radius 3 is 2.00 bits per heavy atom. The highest BCUT2D eigenvalue weighted by atomic mass is 16.6. The first-order valence-corrected chi connectivity index (χ1v) is 6.07. The van der Waals surface area contributed by atoms with Gasteiger partial charge in [-0.3, -0.25) is 9.59 Å². The van der Waals surface area contributed by atoms with Crippen LogP contribution in [-0.4, -0.2) is 57.0 Å². The van der Waals surface area contributed by atoms with E-state index in [-0.39, 0.29) is 12.2 Å². The molecular formula is C12H20O6. The number of carbonyl (C=O) groups is 2. The lowest BCUT2D eigenvalue weighted by atomic mass is 10.3. The van der Waals surface area contributed by atoms with Gasteiger partial charge in [-0.1, -0.05) is 0 Å². The summed E-state index contributed by atoms with van der Waals surface area (Å²) in [7, 11) is 0. The Morgan fingerprint density at radius 1 is 1.17 bits per heavy atom. The van der Waals surface area contributed by atoms with Crippen molar-refractivity contribution >= 4 is 11.8 Å². The summed E-state index contributed by atoms with van der Waals surface area (Å²) in [5.41, 5.74) is 0. The zero-order chi connectivity index (χ0) is 13.4. The normalized spacial score (nSPS) is 23.7. The van der Waals surface area contributed by atoms with E-state index in [1.54, 1.807) is 6.92 Å². The van der Waals surface area contributed by atoms with E-state index < -0.39 is 5.97 Å². The lowest BCUT2D eigenvalue weighted by Crippen LogP contribution is -2.07. The molecular weight excluding hydrogens is 240 g/mol. The number of esters is 1. The Hall–Kier alpha value is -0.980. The van der Waals surface area contributed by atoms with Crippen LogP contribution in [0, 0.1) is 0 Å². The fourth-order valence-corrected chi connectivity index (χ4v) is 1.07. The molecule has 0 amide bonds. The fourth-order valence-electron chi connectivity index (χ4n) is 1.07. The molecule has 0 bridgehead atoms. The Balaban J connectivity index is 0.000000180. The first kappa shape index (κ1) is 15.1. The highest BCUT2D eigenvalue weighted by Crippen LogP contribution is 2.12. The number of ether oxygens (including phenoxy) is 4. The van der Waals surface area contributed by atoms with E-state index in [2.05, 4.69) is 4.74 Å². The van der Waals surface area contributed by atoms with Gasteiger partial charge in [0.1, 0.15) is 24.4 Å². The van der Waals surface area contributed by atoms with Crippen LogP contribution < -0.4 is 0 Å². The van der Waals surface area contributed by atoms with Crippen molar-refractivity contribution in [2.45, 2.75) is 32.5 Å². The van der Waals surface area contributed by atoms with Crippen molar-refractivity contribution < 1.29 is 28.5 Å². The average molecular weight is 260 g/mol. The maximum absolute atomic E-state index is 10.4. The third kappa shape index (κ3) is 9.09. The molecule has 18 heavy (non-hydrogen) atoms. The summed E-state index contributed by atoms with van der Waals surface area (Å²) in [4.78, 5) is 20.6. The molecule has 0 saturated carbocycles. The molecule has 2 fully saturated rings. The predicted molar refractivity (Wildman–Crippen MR) is 62.2 cm³/mol. The molecule has 2 aliphatic rings. The standard InChI is InChI=1S/2C6H10O3/c1(5-3-8-5)7-2-6-4-9-6;1-3-9-6(8)4-5(2)7/h5-6H,1-4H2;3-4H2,1-2H3. The molecule has 6 heteroatoms. The molecule has 0 aromatic rings. The summed E-state index contributed by atoms with van der Waals surface area (Å²) in [5, 5.41) is 0. The summed E-state index contributed by atoms with van der Waals surface area (Å²) in [5.74, 6) is -0.599. The van der Waals surface area contributed by atoms with Crippen LogP contribution in [0.3, 0.4) is 0 Å². The van der Waals surface area contributed by atoms with Crippen molar-refractivity contribution in [2.75, 3.05) is 33.0 Å². The first-order chi connectivity index (χ1) is 8.61. The molecule has 0 aliphatic carbocycles. The smallest absolute Gasteiger partial charge is 0.313 e. The van der Waals surface area contributed by atoms with Crippen LogP contribution in [0.2, 0.25) is 0 Å². The highest BCUT2D eigenvalue weighted by molar-refractivity contribution is 5.94. The second-order valence-corrected chi connectivity index (χ2v) is 4.13. The average Bonchev–Trinajstić information content (AvgIpc) is 3.12. The second kappa shape index (κ2) is 8.18. The summed E-state index contributed by atoms with van der Waals surface area (Å²) >= 11 is 0. The molecule has 0 aromatic heterocycles. The minimum absolute atomic E-state index is 0.103. The quantitative estimate of drug-likeness (QED) is 0.373. The lowest BCUT2D eigenvalue weighted by Gasteiger charge is -1.96. The van der Waals surface area contributed by atoms with Crippen LogP contribution in [0.25, 0.3) is 0 Å². The molecule has 2 rings (SSSR count). The van der Waals surface area contributed by atoms with Crippen LogP contribution in [0.5, 0.6) is 0 Å². The van der Waals surface area contributed by atoms with E-state index >= 15 is 0 Å². The van der Waals surface area contributed by atoms with E-state index in [4.69, 9.17) is 14.2 Å². The predicted octanol–water partition coefficient (Wildman–Crippen LogP) is 0.329. The minimum Gasteiger partial charge on any atom is -0.466 e. The summed E-state index contributed by atoms with van der Waals surface area (Å²) in [6.45, 7) is 6.66. The molecule has 2 atom stereocenters. The summed E-state index contributed by atoms with van der Waals surface area (Å²) < 4.78 is 19.6. The number of Topliss-reactive ketones (excluding diaryl/α,β-unsaturated/α-hetero) is 1. The molecule has 0 aromatic carbocycles. The monoisotopic (exact) mass is 260 g/mol. The molecule has 2 heterocycles. The van der Waals surface area contributed by atoms with E-state index in [1.165, 1.54) is 6.92 Å². The van der Waals surface area contributed by atoms with Crippen LogP contribution in [0.4, 0.5) is 0 Å². The number of rotatable bonds is 7. The molecule has 2 aliphatic heterocycles. The molecule has 2 saturated heterocycles. The van der Waals surface area contributed by atoms with Crippen LogP contribution in [-0.2, 0) is 28.5 Å². The summed E-state index contributed by atoms with van der Waals surface area (Å²) in [6, 6.07) is 0. The molecule has 0 N–H and O–H groups in total. The van der Waals surface area contributed by atoms with Gasteiger partial charge >= 0.3 is 5.97 Å². The van der Waals surface area contributed by atoms with Gasteiger partial charge in [-0.25, -0.2) is 0 Å². The SMILES string of the molecule is C(OCC1CO1)C1CO1.CCOC(=O)CC(C)=O. The summed E-state index contributed by atoms with van der Waals surface area (Å²) in [6.07, 6.45) is 0.681. The van der Waals surface area contributed by atoms with E-state index in [0.29, 0.717) is 18.8 Å². The Morgan fingerprint density at radius 2 is 1.67 bits per heavy atom. The van der Waals surface area contributed by atoms with Crippen molar-refractivity contribution in [2.24, 2.45) is 0 Å². The topological polar surface area (TPSA) is 77.7 Å². The van der Waals surface area contributed by atoms with E-state index in [1.807, 2.05) is 0 Å². The van der Waals surface area contributed by atoms with Crippen molar-refractivity contribution in [1.82, 2.24) is 0 Å². The van der Waals surface area contributed by atoms with Gasteiger partial charge in [0.25, 0.3) is 0 Å². The van der Waals surface area contributed by atoms with Crippen molar-refractivity contribution in [3.05, 3.63) is 0 Å². The van der Waals surface area contributed by atoms with E-state index in [9.17, 15) is 9.59 Å². The number of epoxide rings is 2. The van der Waals surface area contributed by atoms with Gasteiger partial charge in [-0.2, -0.15) is 0 Å². The van der Waals surface area contributed by atoms with Crippen molar-refractivity contribution in [3.8, 4) is 0 Å². The number of hydrogen-bond acceptors (Lipinski definition) is 6. The zero-order valence-electron chi connectivity index (χ0n) is 10.8. The van der Waals surface area contributed by atoms with Crippen molar-refractivity contribution in [3.63, 3.8) is 0 Å². The Labute approximate surface area is 107 Å². The largest absolute Gasteiger partial charge is 0.466 e. The van der Waals surface area contributed by atoms with Crippen LogP contribution >= 0.6 is 0 Å². The maximum atomic E-state index is 10.4. The highest BCUT2D eigenvalue weighted by Gasteiger charge is 2.26. The maximum Gasteiger partial charge on any atom is 0.313 e. The van der Waals surface area contributed by atoms with Gasteiger partial charge in [-0.15, -0.1) is 0 Å². The second-order valence-electron chi connectivity index (χ2n) is 4.13. The minimum atomic E-state index is -0.440. The van der Waals surface area contributed by atoms with Crippen molar-refractivity contribution in [1.29, 1.82) is 0 Å². The van der Waals surface area contributed by atoms with Gasteiger partial charge < -0.3 is 18.9 Å². The van der Waals surface area contributed by atoms with E-state index in [0.717, 1.165) is 26.4 Å². The lowest BCUT2D eigenvalue weighted by molar-refractivity contribution is -0.145. The van der Waals surface area contributed by atoms with Gasteiger partial charge in [-0.05, 0) is 13.8 Å². The molecule has 6 nitrogen and oxygen atoms in total. The zero-order valence-corrected chi connectivity index (χ0v) is 10.8. The van der Waals surface area contributed by atoms with Gasteiger partial charge in [0.05, 0.1) is 33.0 Å². The molecule has 0 spiro atoms. The Kier molecular flexibility index (Phi) is 6.85. The third-order valence-corrected chi connectivity index (χ3v) is 2.11. The van der Waals surface area contributed by atoms with Gasteiger partial charge in [0.15, 0.2) is 0 Å². The van der Waals surface area contributed by atoms with Crippen LogP contribution in [0.15, 0.2) is 0 Å². The molecule has 2 unspecified atom stereocenters.